The van der Waals surface area contributed by atoms with Crippen molar-refractivity contribution in [1.82, 2.24) is 0 Å². The lowest BCUT2D eigenvalue weighted by molar-refractivity contribution is -0.127. The van der Waals surface area contributed by atoms with Crippen LogP contribution in [0.3, 0.4) is 0 Å². The summed E-state index contributed by atoms with van der Waals surface area (Å²) in [6.07, 6.45) is 14.7. The fourth-order valence-electron chi connectivity index (χ4n) is 8.74. The highest BCUT2D eigenvalue weighted by Crippen LogP contribution is 2.67. The average Bonchev–Trinajstić information content (AvgIpc) is 3.00. The molecule has 4 aliphatic carbocycles. The van der Waals surface area contributed by atoms with Crippen molar-refractivity contribution < 1.29 is 9.90 Å². The molecule has 1 N–H and O–H groups in total. The molecular formula is C27H44O2. The van der Waals surface area contributed by atoms with Gasteiger partial charge in [-0.05, 0) is 96.9 Å². The summed E-state index contributed by atoms with van der Waals surface area (Å²) in [6, 6.07) is 0. The summed E-state index contributed by atoms with van der Waals surface area (Å²) in [4.78, 5) is 12.1. The third kappa shape index (κ3) is 3.51. The second-order valence-electron chi connectivity index (χ2n) is 12.2. The predicted octanol–water partition coefficient (Wildman–Crippen LogP) is 7.34. The van der Waals surface area contributed by atoms with E-state index in [1.807, 2.05) is 6.08 Å². The van der Waals surface area contributed by atoms with Crippen molar-refractivity contribution in [2.24, 2.45) is 52.3 Å². The Labute approximate surface area is 178 Å². The molecule has 2 heteroatoms. The van der Waals surface area contributed by atoms with Gasteiger partial charge in [-0.3, -0.25) is 4.79 Å². The lowest BCUT2D eigenvalue weighted by atomic mass is 9.45. The summed E-state index contributed by atoms with van der Waals surface area (Å²) in [5, 5.41) is 10.3. The number of aliphatic hydroxyl groups is 1. The van der Waals surface area contributed by atoms with E-state index in [0.717, 1.165) is 29.6 Å². The molecule has 0 aliphatic heterocycles. The van der Waals surface area contributed by atoms with Crippen LogP contribution in [-0.2, 0) is 4.79 Å². The molecule has 0 aromatic carbocycles. The number of Topliss-reactive ketones (excluding diaryl/α,β-unsaturated/α-hetero) is 1. The van der Waals surface area contributed by atoms with Gasteiger partial charge in [-0.25, -0.2) is 0 Å². The topological polar surface area (TPSA) is 37.3 Å². The summed E-state index contributed by atoms with van der Waals surface area (Å²) in [6.45, 7) is 12.2. The first-order valence-electron chi connectivity index (χ1n) is 12.6. The Morgan fingerprint density at radius 1 is 1.03 bits per heavy atom. The lowest BCUT2D eigenvalue weighted by Gasteiger charge is -2.59. The van der Waals surface area contributed by atoms with Gasteiger partial charge in [-0.15, -0.1) is 0 Å². The van der Waals surface area contributed by atoms with Crippen LogP contribution >= 0.6 is 0 Å². The summed E-state index contributed by atoms with van der Waals surface area (Å²) in [5.74, 6) is 5.35. The molecule has 3 fully saturated rings. The van der Waals surface area contributed by atoms with Crippen LogP contribution in [0.15, 0.2) is 11.8 Å². The van der Waals surface area contributed by atoms with Crippen LogP contribution in [0.25, 0.3) is 0 Å². The van der Waals surface area contributed by atoms with E-state index in [1.165, 1.54) is 57.8 Å². The Kier molecular flexibility index (Phi) is 5.71. The highest BCUT2D eigenvalue weighted by Gasteiger charge is 2.60. The second-order valence-corrected chi connectivity index (χ2v) is 12.2. The number of carbonyl (C=O) groups is 1. The first kappa shape index (κ1) is 21.4. The van der Waals surface area contributed by atoms with Crippen LogP contribution in [0.5, 0.6) is 0 Å². The van der Waals surface area contributed by atoms with E-state index in [1.54, 1.807) is 0 Å². The zero-order valence-electron chi connectivity index (χ0n) is 19.5. The first-order chi connectivity index (χ1) is 13.7. The van der Waals surface area contributed by atoms with Gasteiger partial charge in [0.25, 0.3) is 0 Å². The average molecular weight is 401 g/mol. The summed E-state index contributed by atoms with van der Waals surface area (Å²) < 4.78 is 0. The molecule has 4 rings (SSSR count). The van der Waals surface area contributed by atoms with Crippen molar-refractivity contribution in [2.45, 2.75) is 98.8 Å². The smallest absolute Gasteiger partial charge is 0.197 e. The van der Waals surface area contributed by atoms with E-state index < -0.39 is 0 Å². The van der Waals surface area contributed by atoms with E-state index in [2.05, 4.69) is 34.6 Å². The third-order valence-corrected chi connectivity index (χ3v) is 10.3. The molecule has 4 aliphatic rings. The Hall–Kier alpha value is -0.790. The largest absolute Gasteiger partial charge is 0.505 e. The summed E-state index contributed by atoms with van der Waals surface area (Å²) >= 11 is 0. The van der Waals surface area contributed by atoms with Crippen LogP contribution in [0.4, 0.5) is 0 Å². The highest BCUT2D eigenvalue weighted by atomic mass is 16.3. The normalized spacial score (nSPS) is 45.4. The minimum atomic E-state index is -0.0253. The predicted molar refractivity (Wildman–Crippen MR) is 120 cm³/mol. The fourth-order valence-corrected chi connectivity index (χ4v) is 8.74. The van der Waals surface area contributed by atoms with E-state index in [9.17, 15) is 9.90 Å². The maximum absolute atomic E-state index is 12.1. The molecule has 0 amide bonds. The Morgan fingerprint density at radius 2 is 1.79 bits per heavy atom. The van der Waals surface area contributed by atoms with Crippen LogP contribution in [-0.4, -0.2) is 10.9 Å². The number of hydrogen-bond donors (Lipinski definition) is 1. The second kappa shape index (κ2) is 7.72. The van der Waals surface area contributed by atoms with E-state index in [4.69, 9.17) is 0 Å². The molecular weight excluding hydrogens is 356 g/mol. The van der Waals surface area contributed by atoms with Gasteiger partial charge in [0.1, 0.15) is 0 Å². The van der Waals surface area contributed by atoms with Crippen molar-refractivity contribution >= 4 is 5.78 Å². The quantitative estimate of drug-likeness (QED) is 0.524. The van der Waals surface area contributed by atoms with E-state index in [0.29, 0.717) is 23.7 Å². The highest BCUT2D eigenvalue weighted by molar-refractivity contribution is 5.94. The van der Waals surface area contributed by atoms with Crippen molar-refractivity contribution in [3.8, 4) is 0 Å². The molecule has 2 nitrogen and oxygen atoms in total. The number of ketones is 1. The Balaban J connectivity index is 1.51. The van der Waals surface area contributed by atoms with Crippen molar-refractivity contribution in [1.29, 1.82) is 0 Å². The number of hydrogen-bond acceptors (Lipinski definition) is 2. The maximum Gasteiger partial charge on any atom is 0.197 e. The molecule has 0 aromatic heterocycles. The molecule has 8 atom stereocenters. The van der Waals surface area contributed by atoms with Gasteiger partial charge in [0.2, 0.25) is 0 Å². The van der Waals surface area contributed by atoms with Gasteiger partial charge in [0.05, 0.1) is 0 Å². The molecule has 1 unspecified atom stereocenters. The number of rotatable bonds is 5. The van der Waals surface area contributed by atoms with Gasteiger partial charge >= 0.3 is 0 Å². The van der Waals surface area contributed by atoms with E-state index in [-0.39, 0.29) is 17.0 Å². The molecule has 0 heterocycles. The number of aliphatic hydroxyl groups excluding tert-OH is 1. The van der Waals surface area contributed by atoms with Crippen molar-refractivity contribution in [2.75, 3.05) is 0 Å². The van der Waals surface area contributed by atoms with Crippen LogP contribution in [0.1, 0.15) is 98.8 Å². The lowest BCUT2D eigenvalue weighted by Crippen LogP contribution is -2.53. The standard InChI is InChI=1S/C27H44O2/c1-17(2)7-6-8-18(3)21-11-12-22-20-10-9-19-15-24(28)25(29)16-27(19,5)23(20)13-14-26(21,22)4/h16-23,29H,6-15H2,1-5H3/t18-,19?,20-,21+,22-,23-,26+,27-/m0/s1. The summed E-state index contributed by atoms with van der Waals surface area (Å²) in [5.41, 5.74) is 0.543. The minimum absolute atomic E-state index is 0.0253. The van der Waals surface area contributed by atoms with Crippen LogP contribution in [0, 0.1) is 52.3 Å². The molecule has 0 bridgehead atoms. The minimum Gasteiger partial charge on any atom is -0.505 e. The Bertz CT molecular complexity index is 663. The van der Waals surface area contributed by atoms with Crippen LogP contribution in [0.2, 0.25) is 0 Å². The van der Waals surface area contributed by atoms with Gasteiger partial charge in [-0.1, -0.05) is 53.9 Å². The van der Waals surface area contributed by atoms with E-state index >= 15 is 0 Å². The maximum atomic E-state index is 12.1. The van der Waals surface area contributed by atoms with Crippen molar-refractivity contribution in [3.63, 3.8) is 0 Å². The van der Waals surface area contributed by atoms with Crippen molar-refractivity contribution in [3.05, 3.63) is 11.8 Å². The number of fused-ring (bicyclic) bond motifs is 5. The zero-order valence-corrected chi connectivity index (χ0v) is 19.5. The molecule has 0 radical (unpaired) electrons. The molecule has 0 spiro atoms. The van der Waals surface area contributed by atoms with Crippen LogP contribution < -0.4 is 0 Å². The Morgan fingerprint density at radius 3 is 2.52 bits per heavy atom. The zero-order chi connectivity index (χ0) is 21.0. The fraction of sp³-hybridized carbons (Fsp3) is 0.889. The molecule has 0 saturated heterocycles. The first-order valence-corrected chi connectivity index (χ1v) is 12.6. The molecule has 29 heavy (non-hydrogen) atoms. The van der Waals surface area contributed by atoms with Gasteiger partial charge in [0, 0.05) is 6.42 Å². The summed E-state index contributed by atoms with van der Waals surface area (Å²) in [7, 11) is 0. The molecule has 164 valence electrons. The van der Waals surface area contributed by atoms with Gasteiger partial charge < -0.3 is 5.11 Å². The third-order valence-electron chi connectivity index (χ3n) is 10.3. The SMILES string of the molecule is CC(C)CCC[C@H](C)[C@H]1CC[C@H]2[C@@H]3CCC4CC(=O)C(O)=C[C@]4(C)[C@H]3CC[C@]12C. The molecule has 3 saturated carbocycles. The monoisotopic (exact) mass is 400 g/mol. The van der Waals surface area contributed by atoms with Gasteiger partial charge in [-0.2, -0.15) is 0 Å². The van der Waals surface area contributed by atoms with Gasteiger partial charge in [0.15, 0.2) is 11.5 Å². The number of carbonyl (C=O) groups excluding carboxylic acids is 1. The number of allylic oxidation sites excluding steroid dienone is 2. The molecule has 0 aromatic rings.